The molecule has 2 unspecified atom stereocenters. The van der Waals surface area contributed by atoms with Crippen molar-refractivity contribution in [2.45, 2.75) is 25.5 Å². The van der Waals surface area contributed by atoms with Gasteiger partial charge in [-0.25, -0.2) is 0 Å². The lowest BCUT2D eigenvalue weighted by atomic mass is 10.0. The standard InChI is InChI=1S/C17H17BrN2O/c1-2-16(20)17(13-4-3-5-14(18)10-13)21-15-8-6-12(11-19)7-9-15/h3-10,16-17H,2,20H2,1H3. The van der Waals surface area contributed by atoms with Crippen LogP contribution in [0.1, 0.15) is 30.6 Å². The summed E-state index contributed by atoms with van der Waals surface area (Å²) in [6.07, 6.45) is 0.591. The van der Waals surface area contributed by atoms with Crippen molar-refractivity contribution in [2.24, 2.45) is 5.73 Å². The van der Waals surface area contributed by atoms with Crippen molar-refractivity contribution in [3.63, 3.8) is 0 Å². The van der Waals surface area contributed by atoms with Crippen LogP contribution >= 0.6 is 15.9 Å². The van der Waals surface area contributed by atoms with Crippen molar-refractivity contribution in [3.8, 4) is 11.8 Å². The smallest absolute Gasteiger partial charge is 0.139 e. The van der Waals surface area contributed by atoms with E-state index in [1.807, 2.05) is 31.2 Å². The molecule has 0 aliphatic carbocycles. The topological polar surface area (TPSA) is 59.0 Å². The van der Waals surface area contributed by atoms with Crippen molar-refractivity contribution in [2.75, 3.05) is 0 Å². The van der Waals surface area contributed by atoms with Gasteiger partial charge in [-0.15, -0.1) is 0 Å². The molecule has 2 N–H and O–H groups in total. The largest absolute Gasteiger partial charge is 0.484 e. The maximum atomic E-state index is 8.83. The minimum absolute atomic E-state index is 0.102. The number of nitrogens with zero attached hydrogens (tertiary/aromatic N) is 1. The fourth-order valence-electron chi connectivity index (χ4n) is 2.05. The Kier molecular flexibility index (Phi) is 5.38. The molecule has 0 aliphatic heterocycles. The first-order valence-corrected chi connectivity index (χ1v) is 7.61. The molecule has 0 radical (unpaired) electrons. The number of halogens is 1. The predicted molar refractivity (Wildman–Crippen MR) is 86.9 cm³/mol. The van der Waals surface area contributed by atoms with E-state index in [1.165, 1.54) is 0 Å². The quantitative estimate of drug-likeness (QED) is 0.884. The maximum absolute atomic E-state index is 8.83. The monoisotopic (exact) mass is 344 g/mol. The van der Waals surface area contributed by atoms with E-state index in [0.717, 1.165) is 16.5 Å². The number of hydrogen-bond donors (Lipinski definition) is 1. The van der Waals surface area contributed by atoms with Crippen molar-refractivity contribution in [1.82, 2.24) is 0 Å². The van der Waals surface area contributed by atoms with Crippen molar-refractivity contribution >= 4 is 15.9 Å². The molecular formula is C17H17BrN2O. The predicted octanol–water partition coefficient (Wildman–Crippen LogP) is 4.18. The Bertz CT molecular complexity index is 634. The van der Waals surface area contributed by atoms with E-state index in [4.69, 9.17) is 15.7 Å². The first kappa shape index (κ1) is 15.6. The Hall–Kier alpha value is -1.83. The maximum Gasteiger partial charge on any atom is 0.139 e. The third-order valence-corrected chi connectivity index (χ3v) is 3.78. The summed E-state index contributed by atoms with van der Waals surface area (Å²) in [5.41, 5.74) is 7.85. The lowest BCUT2D eigenvalue weighted by molar-refractivity contribution is 0.171. The molecule has 0 saturated carbocycles. The number of rotatable bonds is 5. The van der Waals surface area contributed by atoms with Gasteiger partial charge in [-0.2, -0.15) is 5.26 Å². The van der Waals surface area contributed by atoms with Crippen LogP contribution in [0.15, 0.2) is 53.0 Å². The highest BCUT2D eigenvalue weighted by Crippen LogP contribution is 2.27. The molecule has 2 rings (SSSR count). The van der Waals surface area contributed by atoms with Crippen LogP contribution in [-0.4, -0.2) is 6.04 Å². The van der Waals surface area contributed by atoms with Crippen LogP contribution in [0.2, 0.25) is 0 Å². The van der Waals surface area contributed by atoms with Gasteiger partial charge in [-0.1, -0.05) is 35.0 Å². The molecule has 0 bridgehead atoms. The Morgan fingerprint density at radius 2 is 1.95 bits per heavy atom. The fourth-order valence-corrected chi connectivity index (χ4v) is 2.47. The van der Waals surface area contributed by atoms with Gasteiger partial charge in [-0.3, -0.25) is 0 Å². The molecule has 0 saturated heterocycles. The number of ether oxygens (including phenoxy) is 1. The summed E-state index contributed by atoms with van der Waals surface area (Å²) in [5.74, 6) is 0.711. The lowest BCUT2D eigenvalue weighted by Gasteiger charge is -2.25. The average molecular weight is 345 g/mol. The van der Waals surface area contributed by atoms with Crippen LogP contribution in [0.3, 0.4) is 0 Å². The van der Waals surface area contributed by atoms with Gasteiger partial charge in [0, 0.05) is 10.5 Å². The van der Waals surface area contributed by atoms with Gasteiger partial charge in [0.25, 0.3) is 0 Å². The molecular weight excluding hydrogens is 328 g/mol. The highest BCUT2D eigenvalue weighted by molar-refractivity contribution is 9.10. The van der Waals surface area contributed by atoms with E-state index in [1.54, 1.807) is 24.3 Å². The Morgan fingerprint density at radius 1 is 1.24 bits per heavy atom. The zero-order valence-electron chi connectivity index (χ0n) is 11.8. The van der Waals surface area contributed by atoms with Crippen LogP contribution < -0.4 is 10.5 Å². The summed E-state index contributed by atoms with van der Waals surface area (Å²) in [6, 6.07) is 17.0. The summed E-state index contributed by atoms with van der Waals surface area (Å²) >= 11 is 3.47. The molecule has 4 heteroatoms. The van der Waals surface area contributed by atoms with Crippen LogP contribution in [0.4, 0.5) is 0 Å². The highest BCUT2D eigenvalue weighted by atomic mass is 79.9. The van der Waals surface area contributed by atoms with Crippen molar-refractivity contribution in [1.29, 1.82) is 5.26 Å². The van der Waals surface area contributed by atoms with Gasteiger partial charge >= 0.3 is 0 Å². The van der Waals surface area contributed by atoms with Gasteiger partial charge in [0.15, 0.2) is 0 Å². The first-order valence-electron chi connectivity index (χ1n) is 6.82. The van der Waals surface area contributed by atoms with E-state index in [2.05, 4.69) is 22.0 Å². The third kappa shape index (κ3) is 4.07. The van der Waals surface area contributed by atoms with Crippen LogP contribution in [-0.2, 0) is 0 Å². The van der Waals surface area contributed by atoms with Gasteiger partial charge in [0.1, 0.15) is 11.9 Å². The normalized spacial score (nSPS) is 13.2. The molecule has 2 atom stereocenters. The zero-order chi connectivity index (χ0) is 15.2. The minimum Gasteiger partial charge on any atom is -0.484 e. The van der Waals surface area contributed by atoms with Gasteiger partial charge in [0.05, 0.1) is 11.6 Å². The number of benzene rings is 2. The van der Waals surface area contributed by atoms with E-state index in [0.29, 0.717) is 11.3 Å². The average Bonchev–Trinajstić information content (AvgIpc) is 2.52. The second-order valence-corrected chi connectivity index (χ2v) is 5.72. The van der Waals surface area contributed by atoms with Crippen LogP contribution in [0, 0.1) is 11.3 Å². The Morgan fingerprint density at radius 3 is 2.52 bits per heavy atom. The second-order valence-electron chi connectivity index (χ2n) is 4.80. The van der Waals surface area contributed by atoms with Gasteiger partial charge in [-0.05, 0) is 48.4 Å². The third-order valence-electron chi connectivity index (χ3n) is 3.28. The Balaban J connectivity index is 2.26. The highest BCUT2D eigenvalue weighted by Gasteiger charge is 2.20. The molecule has 21 heavy (non-hydrogen) atoms. The number of nitrogens with two attached hydrogens (primary N) is 1. The molecule has 0 aromatic heterocycles. The molecule has 0 amide bonds. The van der Waals surface area contributed by atoms with Crippen molar-refractivity contribution < 1.29 is 4.74 Å². The molecule has 2 aromatic rings. The summed E-state index contributed by atoms with van der Waals surface area (Å²) in [7, 11) is 0. The minimum atomic E-state index is -0.222. The van der Waals surface area contributed by atoms with E-state index >= 15 is 0 Å². The molecule has 108 valence electrons. The van der Waals surface area contributed by atoms with Gasteiger partial charge in [0.2, 0.25) is 0 Å². The summed E-state index contributed by atoms with van der Waals surface area (Å²) in [5, 5.41) is 8.83. The van der Waals surface area contributed by atoms with Crippen LogP contribution in [0.5, 0.6) is 5.75 Å². The summed E-state index contributed by atoms with van der Waals surface area (Å²) in [4.78, 5) is 0. The molecule has 2 aromatic carbocycles. The van der Waals surface area contributed by atoms with E-state index in [-0.39, 0.29) is 12.1 Å². The number of hydrogen-bond acceptors (Lipinski definition) is 3. The van der Waals surface area contributed by atoms with E-state index < -0.39 is 0 Å². The van der Waals surface area contributed by atoms with E-state index in [9.17, 15) is 0 Å². The van der Waals surface area contributed by atoms with Crippen molar-refractivity contribution in [3.05, 3.63) is 64.1 Å². The first-order chi connectivity index (χ1) is 10.1. The SMILES string of the molecule is CCC(N)C(Oc1ccc(C#N)cc1)c1cccc(Br)c1. The molecule has 0 heterocycles. The lowest BCUT2D eigenvalue weighted by Crippen LogP contribution is -2.31. The molecule has 0 aliphatic rings. The second kappa shape index (κ2) is 7.26. The van der Waals surface area contributed by atoms with Crippen LogP contribution in [0.25, 0.3) is 0 Å². The number of nitriles is 1. The van der Waals surface area contributed by atoms with Gasteiger partial charge < -0.3 is 10.5 Å². The molecule has 0 spiro atoms. The fraction of sp³-hybridized carbons (Fsp3) is 0.235. The summed E-state index contributed by atoms with van der Waals surface area (Å²) in [6.45, 7) is 2.04. The summed E-state index contributed by atoms with van der Waals surface area (Å²) < 4.78 is 7.05. The molecule has 3 nitrogen and oxygen atoms in total. The zero-order valence-corrected chi connectivity index (χ0v) is 13.4. The Labute approximate surface area is 133 Å². The molecule has 0 fully saturated rings.